The molecular weight excluding hydrogens is 253 g/mol. The second-order valence-electron chi connectivity index (χ2n) is 2.13. The quantitative estimate of drug-likeness (QED) is 0.586. The predicted molar refractivity (Wildman–Crippen MR) is 53.3 cm³/mol. The normalized spacial score (nSPS) is 9.27. The average molecular weight is 260 g/mol. The minimum absolute atomic E-state index is 0.861. The van der Waals surface area contributed by atoms with Gasteiger partial charge >= 0.3 is 6.41 Å². The molecule has 1 aromatic carbocycles. The molecule has 0 N–H and O–H groups in total. The Balaban J connectivity index is 2.89. The highest BCUT2D eigenvalue weighted by molar-refractivity contribution is 14.1. The van der Waals surface area contributed by atoms with Gasteiger partial charge in [0, 0.05) is 16.3 Å². The van der Waals surface area contributed by atoms with Gasteiger partial charge in [0.05, 0.1) is 0 Å². The van der Waals surface area contributed by atoms with Gasteiger partial charge in [-0.05, 0) is 46.9 Å². The van der Waals surface area contributed by atoms with E-state index in [0.717, 1.165) is 9.26 Å². The van der Waals surface area contributed by atoms with E-state index in [-0.39, 0.29) is 0 Å². The third-order valence-corrected chi connectivity index (χ3v) is 2.07. The van der Waals surface area contributed by atoms with Crippen LogP contribution >= 0.6 is 22.6 Å². The van der Waals surface area contributed by atoms with Crippen LogP contribution in [0.3, 0.4) is 0 Å². The molecule has 0 spiro atoms. The van der Waals surface area contributed by atoms with Gasteiger partial charge in [-0.3, -0.25) is 4.79 Å². The molecule has 0 aliphatic carbocycles. The minimum Gasteiger partial charge on any atom is -0.307 e. The largest absolute Gasteiger partial charge is 0.316 e. The maximum Gasteiger partial charge on any atom is 0.316 e. The van der Waals surface area contributed by atoms with Crippen molar-refractivity contribution >= 4 is 34.7 Å². The Labute approximate surface area is 79.3 Å². The smallest absolute Gasteiger partial charge is 0.307 e. The Bertz CT molecular complexity index is 245. The molecule has 1 aromatic rings. The second kappa shape index (κ2) is 3.71. The fourth-order valence-electron chi connectivity index (χ4n) is 0.717. The molecule has 0 saturated carbocycles. The summed E-state index contributed by atoms with van der Waals surface area (Å²) in [6.07, 6.45) is 1.78. The SMILES string of the molecule is CN([C]=O)c1ccc(I)cc1. The molecule has 1 radical (unpaired) electrons. The molecule has 0 aliphatic rings. The number of hydrogen-bond acceptors (Lipinski definition) is 1. The lowest BCUT2D eigenvalue weighted by molar-refractivity contribution is 0.554. The lowest BCUT2D eigenvalue weighted by Crippen LogP contribution is -2.13. The number of rotatable bonds is 2. The van der Waals surface area contributed by atoms with E-state index < -0.39 is 0 Å². The van der Waals surface area contributed by atoms with Crippen LogP contribution in [0.2, 0.25) is 0 Å². The molecule has 2 nitrogen and oxygen atoms in total. The molecule has 3 heteroatoms. The first-order valence-corrected chi connectivity index (χ1v) is 4.19. The second-order valence-corrected chi connectivity index (χ2v) is 3.37. The van der Waals surface area contributed by atoms with Crippen LogP contribution in [0.5, 0.6) is 0 Å². The van der Waals surface area contributed by atoms with Gasteiger partial charge in [-0.1, -0.05) is 0 Å². The van der Waals surface area contributed by atoms with Crippen molar-refractivity contribution in [3.05, 3.63) is 27.8 Å². The van der Waals surface area contributed by atoms with Crippen molar-refractivity contribution in [3.63, 3.8) is 0 Å². The molecule has 1 rings (SSSR count). The standard InChI is InChI=1S/C8H7INO/c1-10(6-11)8-4-2-7(9)3-5-8/h2-5H,1H3. The average Bonchev–Trinajstić information content (AvgIpc) is 2.05. The Kier molecular flexibility index (Phi) is 2.87. The zero-order chi connectivity index (χ0) is 8.27. The van der Waals surface area contributed by atoms with E-state index in [1.165, 1.54) is 4.90 Å². The molecule has 0 aliphatic heterocycles. The fraction of sp³-hybridized carbons (Fsp3) is 0.125. The Morgan fingerprint density at radius 1 is 1.36 bits per heavy atom. The minimum atomic E-state index is 0.861. The lowest BCUT2D eigenvalue weighted by Gasteiger charge is -2.08. The Morgan fingerprint density at radius 2 is 1.91 bits per heavy atom. The summed E-state index contributed by atoms with van der Waals surface area (Å²) in [5.41, 5.74) is 0.861. The van der Waals surface area contributed by atoms with Crippen LogP contribution < -0.4 is 4.90 Å². The van der Waals surface area contributed by atoms with Gasteiger partial charge in [0.15, 0.2) is 0 Å². The Hall–Kier alpha value is -0.580. The highest BCUT2D eigenvalue weighted by Crippen LogP contribution is 2.13. The van der Waals surface area contributed by atoms with Crippen molar-refractivity contribution in [1.29, 1.82) is 0 Å². The summed E-state index contributed by atoms with van der Waals surface area (Å²) >= 11 is 2.21. The van der Waals surface area contributed by atoms with E-state index in [4.69, 9.17) is 0 Å². The van der Waals surface area contributed by atoms with Crippen molar-refractivity contribution in [2.24, 2.45) is 0 Å². The number of carbonyl (C=O) groups excluding carboxylic acids is 1. The molecular formula is C8H7INO. The van der Waals surface area contributed by atoms with Crippen LogP contribution in [0, 0.1) is 3.57 Å². The van der Waals surface area contributed by atoms with Crippen LogP contribution in [0.25, 0.3) is 0 Å². The van der Waals surface area contributed by atoms with Crippen LogP contribution in [0.4, 0.5) is 5.69 Å². The maximum absolute atomic E-state index is 10.2. The maximum atomic E-state index is 10.2. The van der Waals surface area contributed by atoms with Gasteiger partial charge in [-0.15, -0.1) is 0 Å². The van der Waals surface area contributed by atoms with Crippen LogP contribution in [0.1, 0.15) is 0 Å². The summed E-state index contributed by atoms with van der Waals surface area (Å²) in [5, 5.41) is 0. The summed E-state index contributed by atoms with van der Waals surface area (Å²) in [5.74, 6) is 0. The van der Waals surface area contributed by atoms with Crippen molar-refractivity contribution in [2.45, 2.75) is 0 Å². The summed E-state index contributed by atoms with van der Waals surface area (Å²) in [7, 11) is 1.68. The van der Waals surface area contributed by atoms with Gasteiger partial charge in [-0.2, -0.15) is 0 Å². The molecule has 0 aromatic heterocycles. The number of nitrogens with zero attached hydrogens (tertiary/aromatic N) is 1. The zero-order valence-electron chi connectivity index (χ0n) is 6.04. The molecule has 0 unspecified atom stereocenters. The molecule has 1 amide bonds. The van der Waals surface area contributed by atoms with Gasteiger partial charge in [0.25, 0.3) is 0 Å². The molecule has 0 bridgehead atoms. The van der Waals surface area contributed by atoms with E-state index >= 15 is 0 Å². The zero-order valence-corrected chi connectivity index (χ0v) is 8.20. The van der Waals surface area contributed by atoms with Gasteiger partial charge in [-0.25, -0.2) is 0 Å². The first kappa shape index (κ1) is 8.52. The van der Waals surface area contributed by atoms with Crippen LogP contribution in [-0.2, 0) is 4.79 Å². The van der Waals surface area contributed by atoms with Gasteiger partial charge in [0.2, 0.25) is 0 Å². The Morgan fingerprint density at radius 3 is 2.36 bits per heavy atom. The summed E-state index contributed by atoms with van der Waals surface area (Å²) < 4.78 is 1.16. The van der Waals surface area contributed by atoms with Crippen molar-refractivity contribution in [2.75, 3.05) is 11.9 Å². The molecule has 11 heavy (non-hydrogen) atoms. The van der Waals surface area contributed by atoms with E-state index in [9.17, 15) is 4.79 Å². The van der Waals surface area contributed by atoms with E-state index in [0.29, 0.717) is 0 Å². The third kappa shape index (κ3) is 2.18. The summed E-state index contributed by atoms with van der Waals surface area (Å²) in [6.45, 7) is 0. The highest BCUT2D eigenvalue weighted by atomic mass is 127. The number of anilines is 1. The summed E-state index contributed by atoms with van der Waals surface area (Å²) in [6, 6.07) is 7.66. The van der Waals surface area contributed by atoms with Crippen molar-refractivity contribution in [3.8, 4) is 0 Å². The third-order valence-electron chi connectivity index (χ3n) is 1.35. The van der Waals surface area contributed by atoms with Crippen molar-refractivity contribution < 1.29 is 4.79 Å². The first-order chi connectivity index (χ1) is 5.24. The number of hydrogen-bond donors (Lipinski definition) is 0. The molecule has 0 atom stereocenters. The van der Waals surface area contributed by atoms with E-state index in [1.807, 2.05) is 24.3 Å². The fourth-order valence-corrected chi connectivity index (χ4v) is 1.08. The number of amides is 1. The van der Waals surface area contributed by atoms with Gasteiger partial charge < -0.3 is 4.90 Å². The van der Waals surface area contributed by atoms with E-state index in [1.54, 1.807) is 13.5 Å². The van der Waals surface area contributed by atoms with Crippen LogP contribution in [-0.4, -0.2) is 13.5 Å². The van der Waals surface area contributed by atoms with Gasteiger partial charge in [0.1, 0.15) is 0 Å². The topological polar surface area (TPSA) is 20.3 Å². The molecule has 57 valence electrons. The van der Waals surface area contributed by atoms with Crippen molar-refractivity contribution in [1.82, 2.24) is 0 Å². The highest BCUT2D eigenvalue weighted by Gasteiger charge is 1.97. The predicted octanol–water partition coefficient (Wildman–Crippen LogP) is 1.79. The molecule has 0 fully saturated rings. The molecule has 0 saturated heterocycles. The number of halogens is 1. The summed E-state index contributed by atoms with van der Waals surface area (Å²) in [4.78, 5) is 11.6. The monoisotopic (exact) mass is 260 g/mol. The lowest BCUT2D eigenvalue weighted by atomic mass is 10.3. The van der Waals surface area contributed by atoms with E-state index in [2.05, 4.69) is 22.6 Å². The molecule has 0 heterocycles. The first-order valence-electron chi connectivity index (χ1n) is 3.11. The van der Waals surface area contributed by atoms with Crippen LogP contribution in [0.15, 0.2) is 24.3 Å². The number of benzene rings is 1.